The Balaban J connectivity index is 1.90. The second-order valence-electron chi connectivity index (χ2n) is 5.39. The highest BCUT2D eigenvalue weighted by atomic mass is 32.1. The number of rotatable bonds is 1. The van der Waals surface area contributed by atoms with E-state index in [1.807, 2.05) is 18.2 Å². The average Bonchev–Trinajstić information content (AvgIpc) is 2.84. The van der Waals surface area contributed by atoms with Gasteiger partial charge in [-0.2, -0.15) is 0 Å². The highest BCUT2D eigenvalue weighted by Gasteiger charge is 2.20. The van der Waals surface area contributed by atoms with Gasteiger partial charge in [0.15, 0.2) is 0 Å². The van der Waals surface area contributed by atoms with Crippen LogP contribution in [0.5, 0.6) is 0 Å². The van der Waals surface area contributed by atoms with E-state index in [0.29, 0.717) is 0 Å². The van der Waals surface area contributed by atoms with Crippen molar-refractivity contribution in [2.24, 2.45) is 0 Å². The molecule has 0 fully saturated rings. The standard InChI is InChI=1S/C18H16N2S/c19-15-10-4-3-9-14(15)18-20-17-13-8-2-1-6-12(13)7-5-11-16(17)21-18/h1-4,6,8-10H,5,7,11,19H2. The molecule has 1 aliphatic carbocycles. The summed E-state index contributed by atoms with van der Waals surface area (Å²) < 4.78 is 0. The number of benzene rings is 2. The van der Waals surface area contributed by atoms with Crippen molar-refractivity contribution in [1.82, 2.24) is 4.98 Å². The van der Waals surface area contributed by atoms with E-state index < -0.39 is 0 Å². The summed E-state index contributed by atoms with van der Waals surface area (Å²) in [5.74, 6) is 0. The summed E-state index contributed by atoms with van der Waals surface area (Å²) >= 11 is 1.79. The van der Waals surface area contributed by atoms with Gasteiger partial charge in [-0.05, 0) is 37.0 Å². The molecule has 21 heavy (non-hydrogen) atoms. The van der Waals surface area contributed by atoms with Crippen molar-refractivity contribution in [2.75, 3.05) is 5.73 Å². The Morgan fingerprint density at radius 2 is 1.67 bits per heavy atom. The van der Waals surface area contributed by atoms with E-state index in [0.717, 1.165) is 34.8 Å². The molecule has 1 aromatic heterocycles. The minimum Gasteiger partial charge on any atom is -0.398 e. The van der Waals surface area contributed by atoms with Gasteiger partial charge >= 0.3 is 0 Å². The summed E-state index contributed by atoms with van der Waals surface area (Å²) in [4.78, 5) is 6.31. The van der Waals surface area contributed by atoms with E-state index >= 15 is 0 Å². The molecule has 0 atom stereocenters. The molecule has 0 unspecified atom stereocenters. The fourth-order valence-electron chi connectivity index (χ4n) is 2.95. The molecule has 2 N–H and O–H groups in total. The summed E-state index contributed by atoms with van der Waals surface area (Å²) in [7, 11) is 0. The van der Waals surface area contributed by atoms with E-state index in [2.05, 4.69) is 30.3 Å². The molecule has 2 nitrogen and oxygen atoms in total. The van der Waals surface area contributed by atoms with Gasteiger partial charge in [0.1, 0.15) is 5.01 Å². The zero-order chi connectivity index (χ0) is 14.2. The van der Waals surface area contributed by atoms with Crippen LogP contribution in [0, 0.1) is 0 Å². The second-order valence-corrected chi connectivity index (χ2v) is 6.47. The number of para-hydroxylation sites is 1. The van der Waals surface area contributed by atoms with Crippen molar-refractivity contribution in [3.8, 4) is 21.8 Å². The van der Waals surface area contributed by atoms with E-state index in [4.69, 9.17) is 10.7 Å². The predicted octanol–water partition coefficient (Wildman–Crippen LogP) is 4.55. The van der Waals surface area contributed by atoms with Crippen LogP contribution in [-0.4, -0.2) is 4.98 Å². The lowest BCUT2D eigenvalue weighted by Gasteiger charge is -2.04. The molecular formula is C18H16N2S. The van der Waals surface area contributed by atoms with Gasteiger partial charge < -0.3 is 5.73 Å². The van der Waals surface area contributed by atoms with Gasteiger partial charge in [0.25, 0.3) is 0 Å². The average molecular weight is 292 g/mol. The summed E-state index contributed by atoms with van der Waals surface area (Å²) in [6.45, 7) is 0. The number of hydrogen-bond donors (Lipinski definition) is 1. The van der Waals surface area contributed by atoms with Crippen LogP contribution in [0.3, 0.4) is 0 Å². The first-order valence-electron chi connectivity index (χ1n) is 7.26. The molecule has 0 aliphatic heterocycles. The summed E-state index contributed by atoms with van der Waals surface area (Å²) in [6.07, 6.45) is 3.44. The van der Waals surface area contributed by atoms with Crippen LogP contribution in [0.1, 0.15) is 16.9 Å². The maximum Gasteiger partial charge on any atom is 0.126 e. The SMILES string of the molecule is Nc1ccccc1-c1nc2c(s1)CCCc1ccccc1-2. The molecular weight excluding hydrogens is 276 g/mol. The van der Waals surface area contributed by atoms with Crippen molar-refractivity contribution in [3.63, 3.8) is 0 Å². The first-order valence-corrected chi connectivity index (χ1v) is 8.07. The third-order valence-electron chi connectivity index (χ3n) is 4.01. The Labute approximate surface area is 128 Å². The van der Waals surface area contributed by atoms with E-state index in [-0.39, 0.29) is 0 Å². The zero-order valence-electron chi connectivity index (χ0n) is 11.7. The normalized spacial score (nSPS) is 13.3. The number of nitrogens with two attached hydrogens (primary N) is 1. The number of fused-ring (bicyclic) bond motifs is 3. The number of aromatic nitrogens is 1. The van der Waals surface area contributed by atoms with Crippen molar-refractivity contribution in [3.05, 3.63) is 59.0 Å². The minimum atomic E-state index is 0.801. The van der Waals surface area contributed by atoms with E-state index in [9.17, 15) is 0 Å². The molecule has 1 aliphatic rings. The molecule has 4 rings (SSSR count). The number of anilines is 1. The van der Waals surface area contributed by atoms with Crippen LogP contribution in [0.15, 0.2) is 48.5 Å². The molecule has 3 heteroatoms. The molecule has 0 radical (unpaired) electrons. The van der Waals surface area contributed by atoms with Crippen LogP contribution in [-0.2, 0) is 12.8 Å². The van der Waals surface area contributed by atoms with Crippen molar-refractivity contribution >= 4 is 17.0 Å². The number of nitrogens with zero attached hydrogens (tertiary/aromatic N) is 1. The molecule has 104 valence electrons. The van der Waals surface area contributed by atoms with Gasteiger partial charge in [0.2, 0.25) is 0 Å². The first kappa shape index (κ1) is 12.6. The van der Waals surface area contributed by atoms with Crippen LogP contribution >= 0.6 is 11.3 Å². The molecule has 0 saturated heterocycles. The molecule has 2 aromatic carbocycles. The van der Waals surface area contributed by atoms with Crippen molar-refractivity contribution in [2.45, 2.75) is 19.3 Å². The Hall–Kier alpha value is -2.13. The first-order chi connectivity index (χ1) is 10.3. The van der Waals surface area contributed by atoms with E-state index in [1.54, 1.807) is 11.3 Å². The van der Waals surface area contributed by atoms with Crippen LogP contribution < -0.4 is 5.73 Å². The van der Waals surface area contributed by atoms with Gasteiger partial charge in [0.05, 0.1) is 5.69 Å². The smallest absolute Gasteiger partial charge is 0.126 e. The number of hydrogen-bond acceptors (Lipinski definition) is 3. The predicted molar refractivity (Wildman–Crippen MR) is 89.4 cm³/mol. The third kappa shape index (κ3) is 2.14. The van der Waals surface area contributed by atoms with Crippen LogP contribution in [0.4, 0.5) is 5.69 Å². The molecule has 0 bridgehead atoms. The fraction of sp³-hybridized carbons (Fsp3) is 0.167. The Bertz CT molecular complexity index is 804. The molecule has 0 amide bonds. The number of nitrogen functional groups attached to an aromatic ring is 1. The van der Waals surface area contributed by atoms with Gasteiger partial charge in [-0.25, -0.2) is 4.98 Å². The molecule has 3 aromatic rings. The topological polar surface area (TPSA) is 38.9 Å². The minimum absolute atomic E-state index is 0.801. The quantitative estimate of drug-likeness (QED) is 0.668. The number of thiazole rings is 1. The lowest BCUT2D eigenvalue weighted by atomic mass is 10.0. The van der Waals surface area contributed by atoms with Gasteiger partial charge in [-0.1, -0.05) is 36.4 Å². The number of aryl methyl sites for hydroxylation is 2. The van der Waals surface area contributed by atoms with Gasteiger partial charge in [0, 0.05) is 21.7 Å². The van der Waals surface area contributed by atoms with Gasteiger partial charge in [-0.3, -0.25) is 0 Å². The second kappa shape index (κ2) is 5.01. The highest BCUT2D eigenvalue weighted by Crippen LogP contribution is 2.39. The monoisotopic (exact) mass is 292 g/mol. The Kier molecular flexibility index (Phi) is 3.00. The van der Waals surface area contributed by atoms with Crippen molar-refractivity contribution in [1.29, 1.82) is 0 Å². The largest absolute Gasteiger partial charge is 0.398 e. The highest BCUT2D eigenvalue weighted by molar-refractivity contribution is 7.15. The van der Waals surface area contributed by atoms with Gasteiger partial charge in [-0.15, -0.1) is 11.3 Å². The molecule has 0 saturated carbocycles. The zero-order valence-corrected chi connectivity index (χ0v) is 12.5. The summed E-state index contributed by atoms with van der Waals surface area (Å²) in [6, 6.07) is 16.6. The lowest BCUT2D eigenvalue weighted by molar-refractivity contribution is 0.843. The molecule has 0 spiro atoms. The Morgan fingerprint density at radius 3 is 2.52 bits per heavy atom. The third-order valence-corrected chi connectivity index (χ3v) is 5.16. The Morgan fingerprint density at radius 1 is 0.905 bits per heavy atom. The van der Waals surface area contributed by atoms with Crippen molar-refractivity contribution < 1.29 is 0 Å². The maximum atomic E-state index is 6.10. The molecule has 1 heterocycles. The fourth-order valence-corrected chi connectivity index (χ4v) is 4.11. The van der Waals surface area contributed by atoms with Crippen LogP contribution in [0.25, 0.3) is 21.8 Å². The summed E-state index contributed by atoms with van der Waals surface area (Å²) in [5, 5.41) is 1.04. The maximum absolute atomic E-state index is 6.10. The lowest BCUT2D eigenvalue weighted by Crippen LogP contribution is -1.90. The van der Waals surface area contributed by atoms with Crippen LogP contribution in [0.2, 0.25) is 0 Å². The summed E-state index contributed by atoms with van der Waals surface area (Å²) in [5.41, 5.74) is 11.8. The van der Waals surface area contributed by atoms with E-state index in [1.165, 1.54) is 22.4 Å².